The standard InChI is InChI=1S/C12H14O4.5C2H6/c1-7(13)11-9(15-3)5-6-10(16-4)12(11)8(2)14;5*1-2/h5-6H,1-4H3;5*1-2H3. The lowest BCUT2D eigenvalue weighted by Crippen LogP contribution is -2.08. The van der Waals surface area contributed by atoms with Gasteiger partial charge in [0.1, 0.15) is 11.5 Å². The molecule has 0 unspecified atom stereocenters. The van der Waals surface area contributed by atoms with E-state index in [0.29, 0.717) is 11.5 Å². The molecular weight excluding hydrogens is 328 g/mol. The van der Waals surface area contributed by atoms with Crippen LogP contribution in [-0.4, -0.2) is 25.8 Å². The monoisotopic (exact) mass is 372 g/mol. The molecule has 0 aromatic heterocycles. The summed E-state index contributed by atoms with van der Waals surface area (Å²) in [6, 6.07) is 3.23. The van der Waals surface area contributed by atoms with Gasteiger partial charge in [0.2, 0.25) is 0 Å². The minimum Gasteiger partial charge on any atom is -0.496 e. The first-order valence-corrected chi connectivity index (χ1v) is 9.79. The Balaban J connectivity index is -0.000000127. The Kier molecular flexibility index (Phi) is 38.0. The predicted octanol–water partition coefficient (Wildman–Crippen LogP) is 7.24. The van der Waals surface area contributed by atoms with Gasteiger partial charge in [-0.2, -0.15) is 0 Å². The highest BCUT2D eigenvalue weighted by Crippen LogP contribution is 2.31. The van der Waals surface area contributed by atoms with Gasteiger partial charge >= 0.3 is 0 Å². The van der Waals surface area contributed by atoms with Crippen LogP contribution in [0.15, 0.2) is 12.1 Å². The zero-order chi connectivity index (χ0) is 22.3. The first-order valence-electron chi connectivity index (χ1n) is 9.79. The molecule has 0 aliphatic carbocycles. The molecule has 0 heterocycles. The summed E-state index contributed by atoms with van der Waals surface area (Å²) < 4.78 is 10.1. The van der Waals surface area contributed by atoms with Crippen LogP contribution in [-0.2, 0) is 0 Å². The lowest BCUT2D eigenvalue weighted by Gasteiger charge is -2.13. The van der Waals surface area contributed by atoms with Crippen molar-refractivity contribution in [1.82, 2.24) is 0 Å². The van der Waals surface area contributed by atoms with Crippen LogP contribution in [0.2, 0.25) is 0 Å². The van der Waals surface area contributed by atoms with E-state index in [0.717, 1.165) is 0 Å². The van der Waals surface area contributed by atoms with Gasteiger partial charge in [-0.05, 0) is 26.0 Å². The number of carbonyl (C=O) groups is 2. The molecule has 4 nitrogen and oxygen atoms in total. The number of ether oxygens (including phenoxy) is 2. The van der Waals surface area contributed by atoms with Crippen molar-refractivity contribution in [3.8, 4) is 11.5 Å². The topological polar surface area (TPSA) is 52.6 Å². The maximum atomic E-state index is 11.5. The van der Waals surface area contributed by atoms with Crippen LogP contribution in [0, 0.1) is 0 Å². The first kappa shape index (κ1) is 35.3. The average Bonchev–Trinajstić information content (AvgIpc) is 2.73. The quantitative estimate of drug-likeness (QED) is 0.523. The zero-order valence-corrected chi connectivity index (χ0v) is 19.8. The summed E-state index contributed by atoms with van der Waals surface area (Å²) in [6.07, 6.45) is 0. The van der Waals surface area contributed by atoms with E-state index in [9.17, 15) is 9.59 Å². The molecule has 1 rings (SSSR count). The Hall–Kier alpha value is -1.84. The molecule has 0 N–H and O–H groups in total. The molecule has 1 aromatic rings. The molecule has 0 radical (unpaired) electrons. The van der Waals surface area contributed by atoms with E-state index >= 15 is 0 Å². The Bertz CT molecular complexity index is 397. The maximum absolute atomic E-state index is 11.5. The fraction of sp³-hybridized carbons (Fsp3) is 0.636. The van der Waals surface area contributed by atoms with Crippen LogP contribution >= 0.6 is 0 Å². The highest BCUT2D eigenvalue weighted by Gasteiger charge is 2.21. The summed E-state index contributed by atoms with van der Waals surface area (Å²) in [5.41, 5.74) is 0.545. The van der Waals surface area contributed by atoms with E-state index in [1.165, 1.54) is 28.1 Å². The van der Waals surface area contributed by atoms with Gasteiger partial charge in [-0.25, -0.2) is 0 Å². The largest absolute Gasteiger partial charge is 0.496 e. The van der Waals surface area contributed by atoms with Crippen LogP contribution in [0.3, 0.4) is 0 Å². The molecule has 0 saturated carbocycles. The molecule has 4 heteroatoms. The van der Waals surface area contributed by atoms with E-state index in [4.69, 9.17) is 9.47 Å². The molecule has 156 valence electrons. The Morgan fingerprint density at radius 3 is 0.885 bits per heavy atom. The van der Waals surface area contributed by atoms with Gasteiger partial charge in [-0.1, -0.05) is 69.2 Å². The lowest BCUT2D eigenvalue weighted by atomic mass is 9.99. The van der Waals surface area contributed by atoms with Gasteiger partial charge < -0.3 is 9.47 Å². The van der Waals surface area contributed by atoms with Crippen molar-refractivity contribution in [2.45, 2.75) is 83.1 Å². The molecule has 1 aromatic carbocycles. The van der Waals surface area contributed by atoms with Crippen molar-refractivity contribution >= 4 is 11.6 Å². The molecule has 0 aliphatic heterocycles. The number of hydrogen-bond donors (Lipinski definition) is 0. The summed E-state index contributed by atoms with van der Waals surface area (Å²) in [5.74, 6) is 0.332. The third-order valence-corrected chi connectivity index (χ3v) is 2.27. The van der Waals surface area contributed by atoms with E-state index < -0.39 is 0 Å². The van der Waals surface area contributed by atoms with Crippen LogP contribution in [0.1, 0.15) is 104 Å². The third-order valence-electron chi connectivity index (χ3n) is 2.27. The number of benzene rings is 1. The maximum Gasteiger partial charge on any atom is 0.164 e. The molecule has 0 saturated heterocycles. The van der Waals surface area contributed by atoms with E-state index in [1.807, 2.05) is 69.2 Å². The van der Waals surface area contributed by atoms with E-state index in [2.05, 4.69) is 0 Å². The molecule has 0 amide bonds. The highest BCUT2D eigenvalue weighted by molar-refractivity contribution is 6.10. The van der Waals surface area contributed by atoms with Crippen LogP contribution in [0.4, 0.5) is 0 Å². The second-order valence-corrected chi connectivity index (χ2v) is 3.33. The summed E-state index contributed by atoms with van der Waals surface area (Å²) >= 11 is 0. The minimum atomic E-state index is -0.221. The van der Waals surface area contributed by atoms with E-state index in [-0.39, 0.29) is 22.7 Å². The Labute approximate surface area is 163 Å². The van der Waals surface area contributed by atoms with Crippen molar-refractivity contribution in [2.24, 2.45) is 0 Å². The average molecular weight is 373 g/mol. The second-order valence-electron chi connectivity index (χ2n) is 3.33. The number of Topliss-reactive ketones (excluding diaryl/α,β-unsaturated/α-hetero) is 2. The van der Waals surface area contributed by atoms with Crippen molar-refractivity contribution < 1.29 is 19.1 Å². The SMILES string of the molecule is CC.CC.CC.CC.CC.COc1ccc(OC)c(C(C)=O)c1C(C)=O. The first-order chi connectivity index (χ1) is 12.5. The van der Waals surface area contributed by atoms with Crippen LogP contribution in [0.5, 0.6) is 11.5 Å². The Morgan fingerprint density at radius 2 is 0.769 bits per heavy atom. The molecule has 0 spiro atoms. The fourth-order valence-electron chi connectivity index (χ4n) is 1.60. The molecule has 0 atom stereocenters. The van der Waals surface area contributed by atoms with Gasteiger partial charge in [-0.15, -0.1) is 0 Å². The molecule has 26 heavy (non-hydrogen) atoms. The van der Waals surface area contributed by atoms with Crippen molar-refractivity contribution in [1.29, 1.82) is 0 Å². The van der Waals surface area contributed by atoms with E-state index in [1.54, 1.807) is 12.1 Å². The number of rotatable bonds is 4. The van der Waals surface area contributed by atoms with Crippen LogP contribution < -0.4 is 9.47 Å². The van der Waals surface area contributed by atoms with Gasteiger partial charge in [0.05, 0.1) is 25.3 Å². The van der Waals surface area contributed by atoms with Crippen molar-refractivity contribution in [3.63, 3.8) is 0 Å². The predicted molar refractivity (Wildman–Crippen MR) is 116 cm³/mol. The molecule has 0 fully saturated rings. The lowest BCUT2D eigenvalue weighted by molar-refractivity contribution is 0.0975. The number of hydrogen-bond acceptors (Lipinski definition) is 4. The summed E-state index contributed by atoms with van der Waals surface area (Å²) in [7, 11) is 2.91. The third kappa shape index (κ3) is 13.5. The van der Waals surface area contributed by atoms with Gasteiger partial charge in [0, 0.05) is 0 Å². The normalized spacial score (nSPS) is 7.15. The highest BCUT2D eigenvalue weighted by atomic mass is 16.5. The summed E-state index contributed by atoms with van der Waals surface area (Å²) in [4.78, 5) is 23.1. The fourth-order valence-corrected chi connectivity index (χ4v) is 1.60. The number of carbonyl (C=O) groups excluding carboxylic acids is 2. The summed E-state index contributed by atoms with van der Waals surface area (Å²) in [6.45, 7) is 22.8. The van der Waals surface area contributed by atoms with Crippen molar-refractivity contribution in [2.75, 3.05) is 14.2 Å². The molecule has 0 aliphatic rings. The smallest absolute Gasteiger partial charge is 0.164 e. The number of ketones is 2. The summed E-state index contributed by atoms with van der Waals surface area (Å²) in [5, 5.41) is 0. The van der Waals surface area contributed by atoms with Crippen molar-refractivity contribution in [3.05, 3.63) is 23.3 Å². The number of methoxy groups -OCH3 is 2. The molecule has 0 bridgehead atoms. The van der Waals surface area contributed by atoms with Gasteiger partial charge in [0.25, 0.3) is 0 Å². The van der Waals surface area contributed by atoms with Gasteiger partial charge in [0.15, 0.2) is 11.6 Å². The molecular formula is C22H44O4. The van der Waals surface area contributed by atoms with Gasteiger partial charge in [-0.3, -0.25) is 9.59 Å². The van der Waals surface area contributed by atoms with Crippen LogP contribution in [0.25, 0.3) is 0 Å². The Morgan fingerprint density at radius 1 is 0.577 bits per heavy atom. The second kappa shape index (κ2) is 28.0. The zero-order valence-electron chi connectivity index (χ0n) is 19.8. The minimum absolute atomic E-state index is 0.221.